The van der Waals surface area contributed by atoms with Gasteiger partial charge in [-0.1, -0.05) is 27.2 Å². The molecule has 2 N–H and O–H groups in total. The van der Waals surface area contributed by atoms with Crippen LogP contribution in [0.3, 0.4) is 0 Å². The summed E-state index contributed by atoms with van der Waals surface area (Å²) in [4.78, 5) is 0. The number of hydrogen-bond acceptors (Lipinski definition) is 3. The van der Waals surface area contributed by atoms with Gasteiger partial charge in [0.05, 0.1) is 12.2 Å². The van der Waals surface area contributed by atoms with E-state index in [9.17, 15) is 10.2 Å². The molecule has 4 atom stereocenters. The lowest BCUT2D eigenvalue weighted by atomic mass is 9.45. The molecule has 3 aliphatic rings. The Labute approximate surface area is 151 Å². The quantitative estimate of drug-likeness (QED) is 0.638. The fraction of sp³-hybridized carbons (Fsp3) is 0.727. The van der Waals surface area contributed by atoms with E-state index in [-0.39, 0.29) is 16.8 Å². The summed E-state index contributed by atoms with van der Waals surface area (Å²) >= 11 is 0. The molecule has 2 saturated carbocycles. The Hall–Kier alpha value is -1.22. The highest BCUT2D eigenvalue weighted by atomic mass is 16.5. The summed E-state index contributed by atoms with van der Waals surface area (Å²) < 4.78 is 6.47. The first-order valence-corrected chi connectivity index (χ1v) is 9.84. The van der Waals surface area contributed by atoms with Crippen LogP contribution in [0.2, 0.25) is 0 Å². The molecule has 0 saturated heterocycles. The monoisotopic (exact) mass is 344 g/mol. The van der Waals surface area contributed by atoms with E-state index in [4.69, 9.17) is 4.74 Å². The second kappa shape index (κ2) is 5.39. The molecule has 1 aliphatic heterocycles. The van der Waals surface area contributed by atoms with Crippen LogP contribution in [-0.4, -0.2) is 15.8 Å². The van der Waals surface area contributed by atoms with E-state index in [2.05, 4.69) is 27.7 Å². The van der Waals surface area contributed by atoms with Crippen LogP contribution in [0.25, 0.3) is 0 Å². The highest BCUT2D eigenvalue weighted by molar-refractivity contribution is 5.48. The third kappa shape index (κ3) is 2.42. The third-order valence-electron chi connectivity index (χ3n) is 8.07. The zero-order valence-corrected chi connectivity index (χ0v) is 16.1. The van der Waals surface area contributed by atoms with Crippen LogP contribution in [0.1, 0.15) is 70.9 Å². The van der Waals surface area contributed by atoms with Gasteiger partial charge < -0.3 is 14.9 Å². The molecule has 4 rings (SSSR count). The summed E-state index contributed by atoms with van der Waals surface area (Å²) in [6.45, 7) is 10.0. The van der Waals surface area contributed by atoms with Gasteiger partial charge in [0, 0.05) is 11.1 Å². The minimum absolute atomic E-state index is 0.184. The van der Waals surface area contributed by atoms with Gasteiger partial charge in [0.25, 0.3) is 0 Å². The van der Waals surface area contributed by atoms with E-state index in [1.54, 1.807) is 12.1 Å². The van der Waals surface area contributed by atoms with E-state index >= 15 is 0 Å². The van der Waals surface area contributed by atoms with Crippen molar-refractivity contribution in [3.8, 4) is 11.5 Å². The van der Waals surface area contributed by atoms with Crippen molar-refractivity contribution in [2.45, 2.75) is 78.4 Å². The van der Waals surface area contributed by atoms with Crippen LogP contribution in [0.5, 0.6) is 11.5 Å². The highest BCUT2D eigenvalue weighted by Crippen LogP contribution is 2.64. The Morgan fingerprint density at radius 1 is 0.920 bits per heavy atom. The molecule has 1 aromatic carbocycles. The molecule has 0 radical (unpaired) electrons. The molecule has 0 aromatic heterocycles. The number of ether oxygens (including phenoxy) is 1. The van der Waals surface area contributed by atoms with Gasteiger partial charge in [-0.15, -0.1) is 0 Å². The van der Waals surface area contributed by atoms with Gasteiger partial charge in [-0.25, -0.2) is 0 Å². The summed E-state index contributed by atoms with van der Waals surface area (Å²) in [5, 5.41) is 20.8. The molecule has 0 bridgehead atoms. The van der Waals surface area contributed by atoms with Crippen molar-refractivity contribution < 1.29 is 14.9 Å². The number of rotatable bonds is 0. The van der Waals surface area contributed by atoms with Gasteiger partial charge in [-0.05, 0) is 73.8 Å². The second-order valence-corrected chi connectivity index (χ2v) is 9.86. The topological polar surface area (TPSA) is 49.7 Å². The number of phenolic OH excluding ortho intramolecular Hbond substituents is 2. The van der Waals surface area contributed by atoms with Gasteiger partial charge in [-0.3, -0.25) is 0 Å². The maximum absolute atomic E-state index is 10.5. The zero-order valence-electron chi connectivity index (χ0n) is 16.1. The van der Waals surface area contributed by atoms with Crippen molar-refractivity contribution in [1.82, 2.24) is 0 Å². The largest absolute Gasteiger partial charge is 0.508 e. The van der Waals surface area contributed by atoms with Crippen LogP contribution in [0, 0.1) is 22.7 Å². The minimum Gasteiger partial charge on any atom is -0.508 e. The van der Waals surface area contributed by atoms with Crippen molar-refractivity contribution in [1.29, 1.82) is 0 Å². The summed E-state index contributed by atoms with van der Waals surface area (Å²) in [7, 11) is 0. The fourth-order valence-electron chi connectivity index (χ4n) is 6.73. The smallest absolute Gasteiger partial charge is 0.121 e. The molecule has 25 heavy (non-hydrogen) atoms. The molecule has 3 nitrogen and oxygen atoms in total. The van der Waals surface area contributed by atoms with E-state index in [1.807, 2.05) is 0 Å². The average molecular weight is 344 g/mol. The highest BCUT2D eigenvalue weighted by Gasteiger charge is 2.59. The molecule has 0 amide bonds. The lowest BCUT2D eigenvalue weighted by molar-refractivity contribution is -0.191. The molecular formula is C22H32O3. The van der Waals surface area contributed by atoms with Crippen molar-refractivity contribution >= 4 is 0 Å². The van der Waals surface area contributed by atoms with Crippen LogP contribution < -0.4 is 0 Å². The van der Waals surface area contributed by atoms with Crippen LogP contribution in [0.15, 0.2) is 12.1 Å². The summed E-state index contributed by atoms with van der Waals surface area (Å²) in [6, 6.07) is 3.22. The molecule has 0 spiro atoms. The Morgan fingerprint density at radius 3 is 2.32 bits per heavy atom. The van der Waals surface area contributed by atoms with E-state index in [0.29, 0.717) is 29.6 Å². The van der Waals surface area contributed by atoms with E-state index in [0.717, 1.165) is 24.0 Å². The molecule has 0 unspecified atom stereocenters. The van der Waals surface area contributed by atoms with Gasteiger partial charge in [0.15, 0.2) is 0 Å². The van der Waals surface area contributed by atoms with Crippen LogP contribution >= 0.6 is 0 Å². The Morgan fingerprint density at radius 2 is 1.60 bits per heavy atom. The van der Waals surface area contributed by atoms with Crippen molar-refractivity contribution in [3.63, 3.8) is 0 Å². The maximum Gasteiger partial charge on any atom is 0.121 e. The van der Waals surface area contributed by atoms with Gasteiger partial charge >= 0.3 is 0 Å². The maximum atomic E-state index is 10.5. The molecule has 138 valence electrons. The molecular weight excluding hydrogens is 312 g/mol. The molecule has 1 heterocycles. The Bertz CT molecular complexity index is 695. The molecule has 1 aromatic rings. The number of hydrogen-bond donors (Lipinski definition) is 2. The van der Waals surface area contributed by atoms with Crippen LogP contribution in [-0.2, 0) is 17.8 Å². The summed E-state index contributed by atoms with van der Waals surface area (Å²) in [6.07, 6.45) is 6.89. The number of aromatic hydroxyl groups is 2. The zero-order chi connectivity index (χ0) is 18.0. The standard InChI is InChI=1S/C22H32O3/c1-20(2)9-5-10-21(3)18(20)8-11-22(4)19(21)12-14-15(13-25-22)17(24)7-6-16(14)23/h6-7,18-19,23-24H,5,8-13H2,1-4H3/t18-,19-,21+,22-/m0/s1. The number of phenols is 2. The lowest BCUT2D eigenvalue weighted by Crippen LogP contribution is -2.58. The fourth-order valence-corrected chi connectivity index (χ4v) is 6.73. The minimum atomic E-state index is -0.184. The molecule has 3 heteroatoms. The van der Waals surface area contributed by atoms with Crippen LogP contribution in [0.4, 0.5) is 0 Å². The van der Waals surface area contributed by atoms with E-state index < -0.39 is 0 Å². The Balaban J connectivity index is 1.82. The second-order valence-electron chi connectivity index (χ2n) is 9.86. The van der Waals surface area contributed by atoms with Gasteiger partial charge in [0.2, 0.25) is 0 Å². The first-order valence-electron chi connectivity index (χ1n) is 9.84. The van der Waals surface area contributed by atoms with E-state index in [1.165, 1.54) is 25.7 Å². The first kappa shape index (κ1) is 17.2. The Kier molecular flexibility index (Phi) is 3.71. The number of benzene rings is 1. The summed E-state index contributed by atoms with van der Waals surface area (Å²) in [5.74, 6) is 1.62. The molecule has 2 aliphatic carbocycles. The third-order valence-corrected chi connectivity index (χ3v) is 8.07. The van der Waals surface area contributed by atoms with Crippen molar-refractivity contribution in [3.05, 3.63) is 23.3 Å². The van der Waals surface area contributed by atoms with Crippen molar-refractivity contribution in [2.24, 2.45) is 22.7 Å². The number of fused-ring (bicyclic) bond motifs is 4. The van der Waals surface area contributed by atoms with Gasteiger partial charge in [-0.2, -0.15) is 0 Å². The normalized spacial score (nSPS) is 39.7. The summed E-state index contributed by atoms with van der Waals surface area (Å²) in [5.41, 5.74) is 2.08. The average Bonchev–Trinajstić information content (AvgIpc) is 2.68. The van der Waals surface area contributed by atoms with Crippen molar-refractivity contribution in [2.75, 3.05) is 0 Å². The predicted octanol–water partition coefficient (Wildman–Crippen LogP) is 5.17. The molecule has 2 fully saturated rings. The van der Waals surface area contributed by atoms with Gasteiger partial charge in [0.1, 0.15) is 11.5 Å². The lowest BCUT2D eigenvalue weighted by Gasteiger charge is -2.62. The first-order chi connectivity index (χ1) is 11.7. The predicted molar refractivity (Wildman–Crippen MR) is 98.6 cm³/mol. The SMILES string of the molecule is CC1(C)CCC[C@]2(C)[C@H]1CC[C@]1(C)OCc3c(O)ccc(O)c3C[C@@H]21.